The maximum Gasteiger partial charge on any atom is 0.225 e. The number of nitrogens with zero attached hydrogens (tertiary/aromatic N) is 2. The van der Waals surface area contributed by atoms with Gasteiger partial charge in [-0.1, -0.05) is 19.9 Å². The molecule has 2 atom stereocenters. The minimum Gasteiger partial charge on any atom is -0.337 e. The number of aromatic nitrogens is 1. The number of halogens is 2. The number of nitrogens with one attached hydrogen (secondary N) is 1. The zero-order valence-electron chi connectivity index (χ0n) is 16.4. The molecule has 0 saturated carbocycles. The average molecular weight is 444 g/mol. The summed E-state index contributed by atoms with van der Waals surface area (Å²) in [4.78, 5) is 18.7. The van der Waals surface area contributed by atoms with Gasteiger partial charge in [-0.25, -0.2) is 26.9 Å². The third-order valence-electron chi connectivity index (χ3n) is 4.84. The smallest absolute Gasteiger partial charge is 0.225 e. The van der Waals surface area contributed by atoms with Crippen LogP contribution in [-0.2, 0) is 21.2 Å². The number of carbonyl (C=O) groups excluding carboxylic acids is 1. The molecule has 1 aromatic heterocycles. The number of carbonyl (C=O) groups is 1. The third kappa shape index (κ3) is 4.99. The summed E-state index contributed by atoms with van der Waals surface area (Å²) in [5, 5.41) is 2.07. The van der Waals surface area contributed by atoms with Gasteiger partial charge in [0.15, 0.2) is 11.6 Å². The Kier molecular flexibility index (Phi) is 6.35. The van der Waals surface area contributed by atoms with Gasteiger partial charge < -0.3 is 4.90 Å². The van der Waals surface area contributed by atoms with E-state index in [4.69, 9.17) is 0 Å². The molecule has 3 rings (SSSR count). The summed E-state index contributed by atoms with van der Waals surface area (Å²) in [6, 6.07) is 3.10. The summed E-state index contributed by atoms with van der Waals surface area (Å²) in [6.45, 7) is 4.04. The molecule has 1 amide bonds. The Morgan fingerprint density at radius 3 is 2.76 bits per heavy atom. The molecule has 2 heterocycles. The van der Waals surface area contributed by atoms with E-state index in [1.54, 1.807) is 24.1 Å². The highest BCUT2D eigenvalue weighted by Gasteiger charge is 2.39. The van der Waals surface area contributed by atoms with Crippen LogP contribution in [0.4, 0.5) is 8.78 Å². The van der Waals surface area contributed by atoms with Crippen LogP contribution in [0.3, 0.4) is 0 Å². The fourth-order valence-electron chi connectivity index (χ4n) is 3.53. The second-order valence-electron chi connectivity index (χ2n) is 7.49. The highest BCUT2D eigenvalue weighted by molar-refractivity contribution is 7.88. The van der Waals surface area contributed by atoms with Crippen LogP contribution in [0, 0.1) is 17.6 Å². The Bertz CT molecular complexity index is 1010. The fraction of sp³-hybridized carbons (Fsp3) is 0.474. The van der Waals surface area contributed by atoms with Crippen LogP contribution in [0.15, 0.2) is 23.6 Å². The predicted molar refractivity (Wildman–Crippen MR) is 108 cm³/mol. The molecule has 10 heteroatoms. The molecule has 1 aliphatic rings. The summed E-state index contributed by atoms with van der Waals surface area (Å²) >= 11 is 1.18. The van der Waals surface area contributed by atoms with Gasteiger partial charge >= 0.3 is 0 Å². The molecule has 1 aromatic carbocycles. The summed E-state index contributed by atoms with van der Waals surface area (Å²) < 4.78 is 53.7. The molecule has 1 N–H and O–H groups in total. The van der Waals surface area contributed by atoms with Crippen molar-refractivity contribution in [2.45, 2.75) is 38.8 Å². The lowest BCUT2D eigenvalue weighted by atomic mass is 10.0. The highest BCUT2D eigenvalue weighted by atomic mass is 32.2. The van der Waals surface area contributed by atoms with Crippen molar-refractivity contribution >= 4 is 27.3 Å². The van der Waals surface area contributed by atoms with Crippen molar-refractivity contribution in [2.24, 2.45) is 5.92 Å². The number of likely N-dealkylation sites (tertiary alicyclic amines) is 1. The van der Waals surface area contributed by atoms with Crippen LogP contribution in [0.2, 0.25) is 0 Å². The van der Waals surface area contributed by atoms with E-state index < -0.39 is 33.7 Å². The van der Waals surface area contributed by atoms with Gasteiger partial charge in [-0.05, 0) is 18.6 Å². The van der Waals surface area contributed by atoms with Crippen LogP contribution < -0.4 is 4.72 Å². The van der Waals surface area contributed by atoms with Gasteiger partial charge in [0.05, 0.1) is 18.0 Å². The first-order valence-corrected chi connectivity index (χ1v) is 12.0. The van der Waals surface area contributed by atoms with Crippen LogP contribution in [-0.4, -0.2) is 49.1 Å². The normalized spacial score (nSPS) is 19.9. The van der Waals surface area contributed by atoms with Gasteiger partial charge in [-0.15, -0.1) is 11.3 Å². The minimum absolute atomic E-state index is 0.0561. The Morgan fingerprint density at radius 2 is 2.10 bits per heavy atom. The van der Waals surface area contributed by atoms with Crippen molar-refractivity contribution in [3.63, 3.8) is 0 Å². The summed E-state index contributed by atoms with van der Waals surface area (Å²) in [5.74, 6) is -2.18. The van der Waals surface area contributed by atoms with E-state index in [1.165, 1.54) is 23.5 Å². The number of sulfonamides is 1. The van der Waals surface area contributed by atoms with Gasteiger partial charge in [0.25, 0.3) is 0 Å². The molecule has 1 saturated heterocycles. The second-order valence-corrected chi connectivity index (χ2v) is 10.1. The molecule has 6 nitrogen and oxygen atoms in total. The van der Waals surface area contributed by atoms with Crippen molar-refractivity contribution in [3.8, 4) is 10.6 Å². The van der Waals surface area contributed by atoms with Crippen LogP contribution in [0.1, 0.15) is 26.0 Å². The standard InChI is InChI=1S/C19H23F2N3O3S2/c1-11(2)19(25)24-8-7-15(23-29(3,26)27)16(24)9-12-10-28-18(22-12)13-5-4-6-14(20)17(13)21/h4-6,10-11,15-16,23H,7-9H2,1-3H3. The number of hydrogen-bond donors (Lipinski definition) is 1. The molecule has 1 aliphatic heterocycles. The SMILES string of the molecule is CC(C)C(=O)N1CCC(NS(C)(=O)=O)C1Cc1csc(-c2cccc(F)c2F)n1. The van der Waals surface area contributed by atoms with Crippen molar-refractivity contribution < 1.29 is 22.0 Å². The molecule has 1 fully saturated rings. The van der Waals surface area contributed by atoms with E-state index in [2.05, 4.69) is 9.71 Å². The molecule has 2 unspecified atom stereocenters. The lowest BCUT2D eigenvalue weighted by Crippen LogP contribution is -2.48. The first-order chi connectivity index (χ1) is 13.6. The highest BCUT2D eigenvalue weighted by Crippen LogP contribution is 2.30. The van der Waals surface area contributed by atoms with Gasteiger partial charge in [-0.3, -0.25) is 4.79 Å². The monoisotopic (exact) mass is 443 g/mol. The van der Waals surface area contributed by atoms with Crippen LogP contribution >= 0.6 is 11.3 Å². The lowest BCUT2D eigenvalue weighted by Gasteiger charge is -2.29. The Balaban J connectivity index is 1.87. The molecular formula is C19H23F2N3O3S2. The summed E-state index contributed by atoms with van der Waals surface area (Å²) in [6.07, 6.45) is 1.91. The van der Waals surface area contributed by atoms with E-state index in [0.29, 0.717) is 30.1 Å². The number of rotatable bonds is 6. The van der Waals surface area contributed by atoms with E-state index in [1.807, 2.05) is 0 Å². The van der Waals surface area contributed by atoms with E-state index >= 15 is 0 Å². The van der Waals surface area contributed by atoms with Crippen molar-refractivity contribution in [1.29, 1.82) is 0 Å². The average Bonchev–Trinajstić information content (AvgIpc) is 3.23. The number of thiazole rings is 1. The molecule has 29 heavy (non-hydrogen) atoms. The zero-order chi connectivity index (χ0) is 21.3. The Hall–Kier alpha value is -1.91. The third-order valence-corrected chi connectivity index (χ3v) is 6.50. The molecule has 0 aliphatic carbocycles. The molecule has 0 bridgehead atoms. The Morgan fingerprint density at radius 1 is 1.38 bits per heavy atom. The summed E-state index contributed by atoms with van der Waals surface area (Å²) in [5.41, 5.74) is 0.677. The molecular weight excluding hydrogens is 420 g/mol. The number of benzene rings is 1. The maximum atomic E-state index is 14.1. The van der Waals surface area contributed by atoms with Gasteiger partial charge in [-0.2, -0.15) is 0 Å². The van der Waals surface area contributed by atoms with E-state index in [-0.39, 0.29) is 17.4 Å². The van der Waals surface area contributed by atoms with Crippen LogP contribution in [0.25, 0.3) is 10.6 Å². The number of hydrogen-bond acceptors (Lipinski definition) is 5. The fourth-order valence-corrected chi connectivity index (χ4v) is 5.21. The topological polar surface area (TPSA) is 79.4 Å². The second kappa shape index (κ2) is 8.45. The molecule has 0 spiro atoms. The zero-order valence-corrected chi connectivity index (χ0v) is 18.0. The first-order valence-electron chi connectivity index (χ1n) is 9.23. The predicted octanol–water partition coefficient (Wildman–Crippen LogP) is 2.81. The van der Waals surface area contributed by atoms with E-state index in [9.17, 15) is 22.0 Å². The van der Waals surface area contributed by atoms with Gasteiger partial charge in [0.2, 0.25) is 15.9 Å². The van der Waals surface area contributed by atoms with Crippen molar-refractivity contribution in [3.05, 3.63) is 40.9 Å². The largest absolute Gasteiger partial charge is 0.337 e. The minimum atomic E-state index is -3.45. The quantitative estimate of drug-likeness (QED) is 0.745. The summed E-state index contributed by atoms with van der Waals surface area (Å²) in [7, 11) is -3.45. The molecule has 158 valence electrons. The first kappa shape index (κ1) is 21.8. The molecule has 2 aromatic rings. The van der Waals surface area contributed by atoms with Crippen molar-refractivity contribution in [1.82, 2.24) is 14.6 Å². The lowest BCUT2D eigenvalue weighted by molar-refractivity contribution is -0.135. The van der Waals surface area contributed by atoms with Gasteiger partial charge in [0.1, 0.15) is 5.01 Å². The van der Waals surface area contributed by atoms with Gasteiger partial charge in [0, 0.05) is 35.9 Å². The van der Waals surface area contributed by atoms with Crippen molar-refractivity contribution in [2.75, 3.05) is 12.8 Å². The van der Waals surface area contributed by atoms with Crippen LogP contribution in [0.5, 0.6) is 0 Å². The maximum absolute atomic E-state index is 14.1. The molecule has 0 radical (unpaired) electrons. The Labute approximate surface area is 173 Å². The van der Waals surface area contributed by atoms with E-state index in [0.717, 1.165) is 12.3 Å². The number of amides is 1.